The van der Waals surface area contributed by atoms with Gasteiger partial charge in [-0.1, -0.05) is 24.3 Å². The van der Waals surface area contributed by atoms with E-state index in [0.29, 0.717) is 12.8 Å². The topological polar surface area (TPSA) is 80.7 Å². The molecule has 2 aromatic rings. The fourth-order valence-electron chi connectivity index (χ4n) is 2.39. The summed E-state index contributed by atoms with van der Waals surface area (Å²) in [5.41, 5.74) is 1.10. The van der Waals surface area contributed by atoms with Crippen LogP contribution < -0.4 is 4.74 Å². The van der Waals surface area contributed by atoms with E-state index >= 15 is 0 Å². The van der Waals surface area contributed by atoms with Crippen molar-refractivity contribution in [2.45, 2.75) is 25.7 Å². The van der Waals surface area contributed by atoms with E-state index in [4.69, 9.17) is 9.84 Å². The molecular formula is C18H18O5. The van der Waals surface area contributed by atoms with Crippen molar-refractivity contribution in [1.82, 2.24) is 0 Å². The largest absolute Gasteiger partial charge is 0.497 e. The predicted octanol–water partition coefficient (Wildman–Crippen LogP) is 2.78. The Morgan fingerprint density at radius 3 is 2.43 bits per heavy atom. The van der Waals surface area contributed by atoms with E-state index < -0.39 is 18.2 Å². The van der Waals surface area contributed by atoms with Crippen molar-refractivity contribution in [1.29, 1.82) is 0 Å². The number of Topliss-reactive ketones (excluding diaryl/α,β-unsaturated/α-hetero) is 2. The van der Waals surface area contributed by atoms with Crippen LogP contribution in [-0.4, -0.2) is 29.8 Å². The van der Waals surface area contributed by atoms with Crippen molar-refractivity contribution >= 4 is 28.3 Å². The number of ketones is 2. The van der Waals surface area contributed by atoms with E-state index in [-0.39, 0.29) is 12.2 Å². The molecule has 1 N–H and O–H groups in total. The Bertz CT molecular complexity index is 748. The second kappa shape index (κ2) is 7.54. The lowest BCUT2D eigenvalue weighted by Gasteiger charge is -2.06. The molecule has 0 aromatic heterocycles. The minimum absolute atomic E-state index is 0.208. The molecule has 0 spiro atoms. The number of aryl methyl sites for hydroxylation is 1. The van der Waals surface area contributed by atoms with E-state index in [0.717, 1.165) is 22.1 Å². The number of hydrogen-bond acceptors (Lipinski definition) is 4. The van der Waals surface area contributed by atoms with Crippen LogP contribution in [0.15, 0.2) is 36.4 Å². The molecule has 0 fully saturated rings. The summed E-state index contributed by atoms with van der Waals surface area (Å²) in [7, 11) is 1.63. The first-order valence-electron chi connectivity index (χ1n) is 7.34. The highest BCUT2D eigenvalue weighted by molar-refractivity contribution is 6.36. The van der Waals surface area contributed by atoms with Gasteiger partial charge in [-0.25, -0.2) is 4.79 Å². The van der Waals surface area contributed by atoms with Crippen molar-refractivity contribution in [3.63, 3.8) is 0 Å². The number of fused-ring (bicyclic) bond motifs is 1. The molecule has 5 nitrogen and oxygen atoms in total. The highest BCUT2D eigenvalue weighted by Crippen LogP contribution is 2.22. The maximum absolute atomic E-state index is 11.5. The van der Waals surface area contributed by atoms with E-state index in [1.165, 1.54) is 0 Å². The van der Waals surface area contributed by atoms with Crippen molar-refractivity contribution in [3.05, 3.63) is 42.0 Å². The summed E-state index contributed by atoms with van der Waals surface area (Å²) in [6.07, 6.45) is 0.981. The van der Waals surface area contributed by atoms with E-state index in [9.17, 15) is 14.4 Å². The summed E-state index contributed by atoms with van der Waals surface area (Å²) in [6.45, 7) is 0. The molecule has 0 unspecified atom stereocenters. The van der Waals surface area contributed by atoms with Gasteiger partial charge in [0, 0.05) is 6.42 Å². The Balaban J connectivity index is 1.91. The van der Waals surface area contributed by atoms with Crippen molar-refractivity contribution in [3.8, 4) is 5.75 Å². The number of carboxylic acid groups (broad SMARTS) is 1. The number of rotatable bonds is 8. The Kier molecular flexibility index (Phi) is 5.46. The zero-order valence-electron chi connectivity index (χ0n) is 12.9. The van der Waals surface area contributed by atoms with E-state index in [1.54, 1.807) is 7.11 Å². The molecule has 0 saturated heterocycles. The van der Waals surface area contributed by atoms with Crippen LogP contribution in [0.25, 0.3) is 10.8 Å². The number of aliphatic carboxylic acids is 1. The van der Waals surface area contributed by atoms with Crippen molar-refractivity contribution < 1.29 is 24.2 Å². The second-order valence-corrected chi connectivity index (χ2v) is 5.34. The number of carbonyl (C=O) groups is 3. The normalized spacial score (nSPS) is 10.5. The average molecular weight is 314 g/mol. The van der Waals surface area contributed by atoms with Gasteiger partial charge in [0.1, 0.15) is 11.5 Å². The van der Waals surface area contributed by atoms with E-state index in [2.05, 4.69) is 6.07 Å². The van der Waals surface area contributed by atoms with Gasteiger partial charge in [-0.05, 0) is 41.3 Å². The van der Waals surface area contributed by atoms with Gasteiger partial charge in [-0.15, -0.1) is 0 Å². The Morgan fingerprint density at radius 2 is 1.74 bits per heavy atom. The number of ether oxygens (including phenoxy) is 1. The average Bonchev–Trinajstić information content (AvgIpc) is 2.54. The highest BCUT2D eigenvalue weighted by Gasteiger charge is 2.15. The smallest absolute Gasteiger partial charge is 0.372 e. The molecule has 0 saturated carbocycles. The number of carboxylic acids is 1. The van der Waals surface area contributed by atoms with Crippen LogP contribution in [0.2, 0.25) is 0 Å². The molecular weight excluding hydrogens is 296 g/mol. The molecule has 0 aliphatic rings. The van der Waals surface area contributed by atoms with Gasteiger partial charge in [-0.2, -0.15) is 0 Å². The monoisotopic (exact) mass is 314 g/mol. The lowest BCUT2D eigenvalue weighted by Crippen LogP contribution is -2.16. The number of benzene rings is 2. The molecule has 0 radical (unpaired) electrons. The molecule has 0 heterocycles. The third-order valence-electron chi connectivity index (χ3n) is 3.63. The van der Waals surface area contributed by atoms with Crippen LogP contribution in [0, 0.1) is 0 Å². The first-order valence-corrected chi connectivity index (χ1v) is 7.34. The van der Waals surface area contributed by atoms with Gasteiger partial charge in [0.05, 0.1) is 13.5 Å². The summed E-state index contributed by atoms with van der Waals surface area (Å²) >= 11 is 0. The summed E-state index contributed by atoms with van der Waals surface area (Å²) in [5.74, 6) is -2.13. The van der Waals surface area contributed by atoms with Gasteiger partial charge in [-0.3, -0.25) is 9.59 Å². The van der Waals surface area contributed by atoms with Crippen molar-refractivity contribution in [2.75, 3.05) is 7.11 Å². The molecule has 5 heteroatoms. The first kappa shape index (κ1) is 16.7. The van der Waals surface area contributed by atoms with Crippen molar-refractivity contribution in [2.24, 2.45) is 0 Å². The molecule has 0 aliphatic carbocycles. The molecule has 0 aliphatic heterocycles. The molecule has 0 atom stereocenters. The third kappa shape index (κ3) is 4.64. The molecule has 2 rings (SSSR count). The molecule has 23 heavy (non-hydrogen) atoms. The standard InChI is InChI=1S/C18H18O5/c1-23-16-8-7-13-9-12(5-6-14(13)10-16)3-2-4-15(19)11-17(20)18(21)22/h5-10H,2-4,11H2,1H3,(H,21,22). The minimum Gasteiger partial charge on any atom is -0.497 e. The molecule has 2 aromatic carbocycles. The van der Waals surface area contributed by atoms with Gasteiger partial charge < -0.3 is 9.84 Å². The first-order chi connectivity index (χ1) is 11.0. The SMILES string of the molecule is COc1ccc2cc(CCCC(=O)CC(=O)C(=O)O)ccc2c1. The third-order valence-corrected chi connectivity index (χ3v) is 3.63. The molecule has 120 valence electrons. The number of hydrogen-bond donors (Lipinski definition) is 1. The maximum atomic E-state index is 11.5. The number of carbonyl (C=O) groups excluding carboxylic acids is 2. The van der Waals surface area contributed by atoms with Crippen LogP contribution in [0.3, 0.4) is 0 Å². The predicted molar refractivity (Wildman–Crippen MR) is 85.7 cm³/mol. The quantitative estimate of drug-likeness (QED) is 0.598. The fourth-order valence-corrected chi connectivity index (χ4v) is 2.39. The fraction of sp³-hybridized carbons (Fsp3) is 0.278. The van der Waals surface area contributed by atoms with Gasteiger partial charge in [0.2, 0.25) is 5.78 Å². The van der Waals surface area contributed by atoms with E-state index in [1.807, 2.05) is 30.3 Å². The Labute approximate surface area is 133 Å². The minimum atomic E-state index is -1.55. The Hall–Kier alpha value is -2.69. The number of methoxy groups -OCH3 is 1. The molecule has 0 amide bonds. The Morgan fingerprint density at radius 1 is 1.04 bits per heavy atom. The van der Waals surface area contributed by atoms with Crippen LogP contribution in [-0.2, 0) is 20.8 Å². The zero-order valence-corrected chi connectivity index (χ0v) is 12.9. The maximum Gasteiger partial charge on any atom is 0.372 e. The highest BCUT2D eigenvalue weighted by atomic mass is 16.5. The summed E-state index contributed by atoms with van der Waals surface area (Å²) in [5, 5.41) is 10.6. The summed E-state index contributed by atoms with van der Waals surface area (Å²) in [4.78, 5) is 32.9. The summed E-state index contributed by atoms with van der Waals surface area (Å²) < 4.78 is 5.19. The summed E-state index contributed by atoms with van der Waals surface area (Å²) in [6, 6.07) is 11.9. The van der Waals surface area contributed by atoms with Crippen LogP contribution in [0.1, 0.15) is 24.8 Å². The van der Waals surface area contributed by atoms with Gasteiger partial charge >= 0.3 is 5.97 Å². The van der Waals surface area contributed by atoms with Gasteiger partial charge in [0.25, 0.3) is 0 Å². The lowest BCUT2D eigenvalue weighted by atomic mass is 10.0. The van der Waals surface area contributed by atoms with Crippen LogP contribution in [0.5, 0.6) is 5.75 Å². The zero-order chi connectivity index (χ0) is 16.8. The molecule has 0 bridgehead atoms. The van der Waals surface area contributed by atoms with Crippen LogP contribution >= 0.6 is 0 Å². The second-order valence-electron chi connectivity index (χ2n) is 5.34. The lowest BCUT2D eigenvalue weighted by molar-refractivity contribution is -0.150. The van der Waals surface area contributed by atoms with Gasteiger partial charge in [0.15, 0.2) is 0 Å². The van der Waals surface area contributed by atoms with Crippen LogP contribution in [0.4, 0.5) is 0 Å².